The fourth-order valence-electron chi connectivity index (χ4n) is 4.78. The fraction of sp³-hybridized carbons (Fsp3) is 0.406. The lowest BCUT2D eigenvalue weighted by Gasteiger charge is -2.25. The number of hydrogen-bond acceptors (Lipinski definition) is 5. The molecule has 0 aliphatic carbocycles. The van der Waals surface area contributed by atoms with E-state index in [1.807, 2.05) is 32.0 Å². The van der Waals surface area contributed by atoms with Gasteiger partial charge in [-0.15, -0.1) is 0 Å². The van der Waals surface area contributed by atoms with Gasteiger partial charge < -0.3 is 15.7 Å². The molecule has 0 unspecified atom stereocenters. The molecule has 0 saturated heterocycles. The van der Waals surface area contributed by atoms with E-state index in [9.17, 15) is 27.1 Å². The van der Waals surface area contributed by atoms with Crippen LogP contribution in [0.3, 0.4) is 0 Å². The van der Waals surface area contributed by atoms with Gasteiger partial charge in [0.2, 0.25) is 10.0 Å². The van der Waals surface area contributed by atoms with Crippen molar-refractivity contribution in [1.82, 2.24) is 14.9 Å². The average molecular weight is 602 g/mol. The van der Waals surface area contributed by atoms with Gasteiger partial charge >= 0.3 is 0 Å². The first-order chi connectivity index (χ1) is 20.1. The number of nitrogens with zero attached hydrogens (tertiary/aromatic N) is 1. The van der Waals surface area contributed by atoms with Crippen LogP contribution in [0.4, 0.5) is 8.78 Å². The summed E-state index contributed by atoms with van der Waals surface area (Å²) < 4.78 is 55.8. The van der Waals surface area contributed by atoms with Crippen LogP contribution in [0.5, 0.6) is 0 Å². The number of carbonyl (C=O) groups excluding carboxylic acids is 1. The van der Waals surface area contributed by atoms with E-state index >= 15 is 0 Å². The smallest absolute Gasteiger partial charge is 0.251 e. The van der Waals surface area contributed by atoms with Crippen molar-refractivity contribution in [2.45, 2.75) is 70.0 Å². The quantitative estimate of drug-likeness (QED) is 0.219. The van der Waals surface area contributed by atoms with Gasteiger partial charge in [-0.05, 0) is 72.7 Å². The molecule has 0 aromatic heterocycles. The predicted molar refractivity (Wildman–Crippen MR) is 161 cm³/mol. The van der Waals surface area contributed by atoms with E-state index in [1.54, 1.807) is 0 Å². The third kappa shape index (κ3) is 9.42. The van der Waals surface area contributed by atoms with E-state index in [1.165, 1.54) is 34.1 Å². The molecule has 3 aromatic carbocycles. The molecule has 0 saturated carbocycles. The maximum Gasteiger partial charge on any atom is 0.251 e. The number of aliphatic hydroxyl groups is 1. The van der Waals surface area contributed by atoms with Gasteiger partial charge in [-0.25, -0.2) is 17.2 Å². The van der Waals surface area contributed by atoms with Gasteiger partial charge in [-0.3, -0.25) is 4.79 Å². The lowest BCUT2D eigenvalue weighted by Crippen LogP contribution is -2.48. The Balaban J connectivity index is 1.80. The highest BCUT2D eigenvalue weighted by molar-refractivity contribution is 7.89. The van der Waals surface area contributed by atoms with Crippen molar-refractivity contribution in [3.05, 3.63) is 101 Å². The van der Waals surface area contributed by atoms with Crippen molar-refractivity contribution >= 4 is 15.9 Å². The number of sulfonamides is 1. The third-order valence-corrected chi connectivity index (χ3v) is 8.82. The molecule has 3 aromatic rings. The monoisotopic (exact) mass is 601 g/mol. The van der Waals surface area contributed by atoms with Crippen molar-refractivity contribution in [3.8, 4) is 0 Å². The zero-order valence-electron chi connectivity index (χ0n) is 24.4. The Labute approximate surface area is 248 Å². The number of halogens is 2. The lowest BCUT2D eigenvalue weighted by atomic mass is 10.00. The molecule has 0 fully saturated rings. The van der Waals surface area contributed by atoms with Crippen LogP contribution in [0.15, 0.2) is 71.6 Å². The maximum atomic E-state index is 13.9. The van der Waals surface area contributed by atoms with Crippen molar-refractivity contribution < 1.29 is 27.1 Å². The van der Waals surface area contributed by atoms with E-state index in [0.717, 1.165) is 30.2 Å². The van der Waals surface area contributed by atoms with Crippen LogP contribution in [-0.4, -0.2) is 55.5 Å². The van der Waals surface area contributed by atoms with Crippen molar-refractivity contribution in [2.75, 3.05) is 19.6 Å². The average Bonchev–Trinajstić information content (AvgIpc) is 2.96. The summed E-state index contributed by atoms with van der Waals surface area (Å²) in [5, 5.41) is 17.0. The molecular formula is C32H41F2N3O4S. The molecule has 1 amide bonds. The molecule has 42 heavy (non-hydrogen) atoms. The Morgan fingerprint density at radius 3 is 2.17 bits per heavy atom. The van der Waals surface area contributed by atoms with E-state index < -0.39 is 39.7 Å². The predicted octanol–water partition coefficient (Wildman–Crippen LogP) is 4.83. The van der Waals surface area contributed by atoms with Gasteiger partial charge in [0.25, 0.3) is 5.91 Å². The second-order valence-corrected chi connectivity index (χ2v) is 12.3. The highest BCUT2D eigenvalue weighted by Crippen LogP contribution is 2.19. The highest BCUT2D eigenvalue weighted by atomic mass is 32.2. The van der Waals surface area contributed by atoms with E-state index in [-0.39, 0.29) is 29.0 Å². The molecule has 0 bridgehead atoms. The summed E-state index contributed by atoms with van der Waals surface area (Å²) in [7, 11) is -3.82. The Kier molecular flexibility index (Phi) is 12.6. The molecule has 0 spiro atoms. The largest absolute Gasteiger partial charge is 0.390 e. The topological polar surface area (TPSA) is 98.7 Å². The minimum absolute atomic E-state index is 0.00248. The molecule has 0 radical (unpaired) electrons. The second kappa shape index (κ2) is 15.9. The van der Waals surface area contributed by atoms with Crippen LogP contribution < -0.4 is 10.6 Å². The minimum atomic E-state index is -3.82. The first-order valence-electron chi connectivity index (χ1n) is 14.4. The van der Waals surface area contributed by atoms with Crippen LogP contribution in [0.25, 0.3) is 0 Å². The zero-order valence-corrected chi connectivity index (χ0v) is 25.3. The molecule has 2 atom stereocenters. The van der Waals surface area contributed by atoms with Crippen molar-refractivity contribution in [2.24, 2.45) is 0 Å². The molecule has 0 aliphatic heterocycles. The summed E-state index contributed by atoms with van der Waals surface area (Å²) >= 11 is 0. The van der Waals surface area contributed by atoms with Gasteiger partial charge in [-0.1, -0.05) is 51.1 Å². The van der Waals surface area contributed by atoms with Gasteiger partial charge in [0.05, 0.1) is 17.0 Å². The van der Waals surface area contributed by atoms with Gasteiger partial charge in [0.15, 0.2) is 0 Å². The fourth-order valence-corrected chi connectivity index (χ4v) is 6.45. The number of hydrogen-bond donors (Lipinski definition) is 3. The molecule has 10 heteroatoms. The second-order valence-electron chi connectivity index (χ2n) is 10.4. The normalized spacial score (nSPS) is 13.2. The number of amides is 1. The summed E-state index contributed by atoms with van der Waals surface area (Å²) in [6.07, 6.45) is 1.03. The van der Waals surface area contributed by atoms with Gasteiger partial charge in [0, 0.05) is 37.8 Å². The summed E-state index contributed by atoms with van der Waals surface area (Å²) in [5.74, 6) is -2.14. The van der Waals surface area contributed by atoms with Crippen LogP contribution in [0, 0.1) is 11.6 Å². The van der Waals surface area contributed by atoms with E-state index in [4.69, 9.17) is 0 Å². The van der Waals surface area contributed by atoms with Gasteiger partial charge in [0.1, 0.15) is 11.6 Å². The number of carbonyl (C=O) groups is 1. The number of rotatable bonds is 16. The summed E-state index contributed by atoms with van der Waals surface area (Å²) in [6.45, 7) is 7.16. The van der Waals surface area contributed by atoms with Crippen LogP contribution in [-0.2, 0) is 29.4 Å². The Hall–Kier alpha value is -3.18. The number of aryl methyl sites for hydroxylation is 1. The third-order valence-electron chi connectivity index (χ3n) is 6.92. The van der Waals surface area contributed by atoms with Crippen LogP contribution in [0.1, 0.15) is 60.7 Å². The number of benzene rings is 3. The van der Waals surface area contributed by atoms with Crippen molar-refractivity contribution in [3.63, 3.8) is 0 Å². The zero-order chi connectivity index (χ0) is 30.7. The van der Waals surface area contributed by atoms with Gasteiger partial charge in [-0.2, -0.15) is 4.31 Å². The Bertz CT molecular complexity index is 1410. The Morgan fingerprint density at radius 2 is 1.52 bits per heavy atom. The maximum absolute atomic E-state index is 13.9. The van der Waals surface area contributed by atoms with E-state index in [2.05, 4.69) is 23.6 Å². The SMILES string of the molecule is CCCN(CCC)S(=O)(=O)c1cccc(C(=O)N[C@@H](Cc2cc(F)cc(F)c2)[C@H](O)CNCc2cccc(CC)c2)c1. The molecule has 0 aliphatic rings. The first-order valence-corrected chi connectivity index (χ1v) is 15.8. The van der Waals surface area contributed by atoms with Crippen LogP contribution in [0.2, 0.25) is 0 Å². The Morgan fingerprint density at radius 1 is 0.881 bits per heavy atom. The van der Waals surface area contributed by atoms with E-state index in [0.29, 0.717) is 32.5 Å². The minimum Gasteiger partial charge on any atom is -0.390 e. The van der Waals surface area contributed by atoms with Crippen LogP contribution >= 0.6 is 0 Å². The summed E-state index contributed by atoms with van der Waals surface area (Å²) in [6, 6.07) is 15.9. The highest BCUT2D eigenvalue weighted by Gasteiger charge is 2.26. The molecule has 7 nitrogen and oxygen atoms in total. The molecule has 0 heterocycles. The van der Waals surface area contributed by atoms with Crippen molar-refractivity contribution in [1.29, 1.82) is 0 Å². The number of aliphatic hydroxyl groups excluding tert-OH is 1. The number of nitrogens with one attached hydrogen (secondary N) is 2. The molecule has 228 valence electrons. The summed E-state index contributed by atoms with van der Waals surface area (Å²) in [4.78, 5) is 13.3. The molecular weight excluding hydrogens is 560 g/mol. The molecule has 3 N–H and O–H groups in total. The lowest BCUT2D eigenvalue weighted by molar-refractivity contribution is 0.0829. The summed E-state index contributed by atoms with van der Waals surface area (Å²) in [5.41, 5.74) is 2.58. The standard InChI is InChI=1S/C32H41F2N3O4S/c1-4-13-37(14-5-2)42(40,41)29-12-8-11-26(19-29)32(39)36-30(18-25-16-27(33)20-28(34)17-25)31(38)22-35-21-24-10-7-9-23(6-3)15-24/h7-12,15-17,19-20,30-31,35,38H,4-6,13-14,18,21-22H2,1-3H3,(H,36,39)/t30-,31+/m0/s1. The first kappa shape index (κ1) is 33.3. The molecule has 3 rings (SSSR count).